The molecule has 1 unspecified atom stereocenters. The lowest BCUT2D eigenvalue weighted by atomic mass is 10.3. The summed E-state index contributed by atoms with van der Waals surface area (Å²) in [5, 5.41) is 10.7. The van der Waals surface area contributed by atoms with Crippen molar-refractivity contribution in [2.45, 2.75) is 6.04 Å². The SMILES string of the molecule is N#CC1CN1C(=O)NC(=O)COc1ccccc1. The van der Waals surface area contributed by atoms with E-state index in [0.717, 1.165) is 0 Å². The summed E-state index contributed by atoms with van der Waals surface area (Å²) in [6.45, 7) is 0.135. The minimum absolute atomic E-state index is 0.235. The first-order chi connectivity index (χ1) is 8.70. The van der Waals surface area contributed by atoms with Crippen LogP contribution < -0.4 is 10.1 Å². The van der Waals surface area contributed by atoms with Crippen molar-refractivity contribution in [3.8, 4) is 11.8 Å². The van der Waals surface area contributed by atoms with E-state index in [1.54, 1.807) is 24.3 Å². The zero-order valence-corrected chi connectivity index (χ0v) is 9.50. The Balaban J connectivity index is 1.73. The molecule has 0 saturated carbocycles. The fourth-order valence-corrected chi connectivity index (χ4v) is 1.37. The predicted octanol–water partition coefficient (Wildman–Crippen LogP) is 0.509. The molecule has 0 aromatic heterocycles. The van der Waals surface area contributed by atoms with Crippen LogP contribution in [-0.2, 0) is 4.79 Å². The quantitative estimate of drug-likeness (QED) is 0.786. The second-order valence-electron chi connectivity index (χ2n) is 3.75. The molecule has 1 N–H and O–H groups in total. The maximum atomic E-state index is 11.4. The number of benzene rings is 1. The first-order valence-electron chi connectivity index (χ1n) is 5.38. The Kier molecular flexibility index (Phi) is 3.44. The number of hydrogen-bond acceptors (Lipinski definition) is 4. The number of urea groups is 1. The Labute approximate surface area is 104 Å². The van der Waals surface area contributed by atoms with Crippen molar-refractivity contribution < 1.29 is 14.3 Å². The largest absolute Gasteiger partial charge is 0.484 e. The summed E-state index contributed by atoms with van der Waals surface area (Å²) in [6, 6.07) is 9.79. The molecule has 2 rings (SSSR count). The summed E-state index contributed by atoms with van der Waals surface area (Å²) in [7, 11) is 0. The van der Waals surface area contributed by atoms with Crippen molar-refractivity contribution in [2.75, 3.05) is 13.2 Å². The highest BCUT2D eigenvalue weighted by Gasteiger charge is 2.39. The van der Waals surface area contributed by atoms with Gasteiger partial charge in [-0.05, 0) is 12.1 Å². The van der Waals surface area contributed by atoms with Gasteiger partial charge in [0, 0.05) is 0 Å². The molecule has 1 saturated heterocycles. The van der Waals surface area contributed by atoms with Gasteiger partial charge >= 0.3 is 6.03 Å². The standard InChI is InChI=1S/C12H11N3O3/c13-6-9-7-15(9)12(17)14-11(16)8-18-10-4-2-1-3-5-10/h1-5,9H,7-8H2,(H,14,16,17). The van der Waals surface area contributed by atoms with Gasteiger partial charge in [0.05, 0.1) is 12.6 Å². The molecule has 0 radical (unpaired) electrons. The number of ether oxygens (including phenoxy) is 1. The average Bonchev–Trinajstić information content (AvgIpc) is 3.17. The Morgan fingerprint density at radius 1 is 1.44 bits per heavy atom. The van der Waals surface area contributed by atoms with E-state index in [9.17, 15) is 9.59 Å². The van der Waals surface area contributed by atoms with Crippen LogP contribution in [0.2, 0.25) is 0 Å². The van der Waals surface area contributed by atoms with Crippen molar-refractivity contribution in [1.82, 2.24) is 10.2 Å². The topological polar surface area (TPSA) is 82.2 Å². The Bertz CT molecular complexity index is 495. The molecular formula is C12H11N3O3. The van der Waals surface area contributed by atoms with Crippen LogP contribution in [0.1, 0.15) is 0 Å². The molecule has 0 spiro atoms. The van der Waals surface area contributed by atoms with Gasteiger partial charge in [-0.15, -0.1) is 0 Å². The maximum Gasteiger partial charge on any atom is 0.325 e. The van der Waals surface area contributed by atoms with Crippen LogP contribution in [0.25, 0.3) is 0 Å². The molecule has 18 heavy (non-hydrogen) atoms. The Hall–Kier alpha value is -2.55. The maximum absolute atomic E-state index is 11.4. The van der Waals surface area contributed by atoms with Crippen LogP contribution >= 0.6 is 0 Å². The van der Waals surface area contributed by atoms with Crippen LogP contribution in [0.5, 0.6) is 5.75 Å². The third-order valence-corrected chi connectivity index (χ3v) is 2.38. The molecule has 1 aliphatic rings. The van der Waals surface area contributed by atoms with Crippen molar-refractivity contribution in [2.24, 2.45) is 0 Å². The third kappa shape index (κ3) is 2.98. The molecule has 1 heterocycles. The van der Waals surface area contributed by atoms with E-state index in [4.69, 9.17) is 10.00 Å². The highest BCUT2D eigenvalue weighted by atomic mass is 16.5. The van der Waals surface area contributed by atoms with Gasteiger partial charge in [-0.25, -0.2) is 4.79 Å². The van der Waals surface area contributed by atoms with E-state index >= 15 is 0 Å². The fraction of sp³-hybridized carbons (Fsp3) is 0.250. The summed E-state index contributed by atoms with van der Waals surface area (Å²) >= 11 is 0. The van der Waals surface area contributed by atoms with Crippen LogP contribution in [-0.4, -0.2) is 36.0 Å². The monoisotopic (exact) mass is 245 g/mol. The summed E-state index contributed by atoms with van der Waals surface area (Å²) < 4.78 is 5.17. The Morgan fingerprint density at radius 2 is 2.17 bits per heavy atom. The van der Waals surface area contributed by atoms with E-state index in [1.165, 1.54) is 4.90 Å². The zero-order chi connectivity index (χ0) is 13.0. The molecule has 1 aliphatic heterocycles. The lowest BCUT2D eigenvalue weighted by molar-refractivity contribution is -0.122. The molecule has 1 aromatic rings. The van der Waals surface area contributed by atoms with Crippen LogP contribution in [0.3, 0.4) is 0 Å². The summed E-state index contributed by atoms with van der Waals surface area (Å²) in [6.07, 6.45) is 0. The van der Waals surface area contributed by atoms with E-state index < -0.39 is 18.0 Å². The van der Waals surface area contributed by atoms with E-state index in [-0.39, 0.29) is 6.61 Å². The van der Waals surface area contributed by atoms with Gasteiger partial charge in [0.2, 0.25) is 0 Å². The first kappa shape index (κ1) is 11.9. The van der Waals surface area contributed by atoms with Crippen molar-refractivity contribution in [3.63, 3.8) is 0 Å². The smallest absolute Gasteiger partial charge is 0.325 e. The second-order valence-corrected chi connectivity index (χ2v) is 3.75. The predicted molar refractivity (Wildman–Crippen MR) is 61.6 cm³/mol. The third-order valence-electron chi connectivity index (χ3n) is 2.38. The van der Waals surface area contributed by atoms with Crippen molar-refractivity contribution >= 4 is 11.9 Å². The van der Waals surface area contributed by atoms with Gasteiger partial charge in [0.25, 0.3) is 5.91 Å². The molecule has 3 amide bonds. The van der Waals surface area contributed by atoms with Crippen LogP contribution in [0.15, 0.2) is 30.3 Å². The van der Waals surface area contributed by atoms with Gasteiger partial charge in [-0.2, -0.15) is 5.26 Å². The molecule has 0 bridgehead atoms. The lowest BCUT2D eigenvalue weighted by Gasteiger charge is -2.06. The first-order valence-corrected chi connectivity index (χ1v) is 5.38. The average molecular weight is 245 g/mol. The van der Waals surface area contributed by atoms with Crippen molar-refractivity contribution in [3.05, 3.63) is 30.3 Å². The second kappa shape index (κ2) is 5.19. The number of amides is 3. The fourth-order valence-electron chi connectivity index (χ4n) is 1.37. The molecule has 6 nitrogen and oxygen atoms in total. The van der Waals surface area contributed by atoms with Gasteiger partial charge in [-0.3, -0.25) is 10.1 Å². The number of carbonyl (C=O) groups is 2. The number of nitrogens with one attached hydrogen (secondary N) is 1. The molecule has 92 valence electrons. The molecule has 1 fully saturated rings. The number of nitrogens with zero attached hydrogens (tertiary/aromatic N) is 2. The molecule has 1 atom stereocenters. The van der Waals surface area contributed by atoms with Crippen LogP contribution in [0, 0.1) is 11.3 Å². The minimum atomic E-state index is -0.553. The zero-order valence-electron chi connectivity index (χ0n) is 9.50. The molecular weight excluding hydrogens is 234 g/mol. The van der Waals surface area contributed by atoms with E-state index in [0.29, 0.717) is 12.3 Å². The number of para-hydroxylation sites is 1. The number of rotatable bonds is 3. The highest BCUT2D eigenvalue weighted by molar-refractivity contribution is 5.96. The van der Waals surface area contributed by atoms with E-state index in [1.807, 2.05) is 12.1 Å². The van der Waals surface area contributed by atoms with Crippen molar-refractivity contribution in [1.29, 1.82) is 5.26 Å². The van der Waals surface area contributed by atoms with Gasteiger partial charge in [0.15, 0.2) is 6.61 Å². The number of carbonyl (C=O) groups excluding carboxylic acids is 2. The summed E-state index contributed by atoms with van der Waals surface area (Å²) in [5.41, 5.74) is 0. The minimum Gasteiger partial charge on any atom is -0.484 e. The number of imide groups is 1. The Morgan fingerprint density at radius 3 is 2.78 bits per heavy atom. The molecule has 6 heteroatoms. The highest BCUT2D eigenvalue weighted by Crippen LogP contribution is 2.15. The lowest BCUT2D eigenvalue weighted by Crippen LogP contribution is -2.37. The van der Waals surface area contributed by atoms with Gasteiger partial charge in [0.1, 0.15) is 11.8 Å². The summed E-state index contributed by atoms with van der Waals surface area (Å²) in [4.78, 5) is 24.0. The number of nitriles is 1. The molecule has 0 aliphatic carbocycles. The number of hydrogen-bond donors (Lipinski definition) is 1. The van der Waals surface area contributed by atoms with Crippen LogP contribution in [0.4, 0.5) is 4.79 Å². The van der Waals surface area contributed by atoms with Gasteiger partial charge in [-0.1, -0.05) is 18.2 Å². The summed E-state index contributed by atoms with van der Waals surface area (Å²) in [5.74, 6) is 0.0224. The van der Waals surface area contributed by atoms with Gasteiger partial charge < -0.3 is 9.64 Å². The van der Waals surface area contributed by atoms with E-state index in [2.05, 4.69) is 5.32 Å². The normalized spacial score (nSPS) is 16.6. The molecule has 1 aromatic carbocycles.